The number of nitrogens with two attached hydrogens (primary N) is 1. The number of esters is 1. The summed E-state index contributed by atoms with van der Waals surface area (Å²) in [4.78, 5) is 26.2. The minimum absolute atomic E-state index is 0.105. The number of anilines is 2. The minimum atomic E-state index is -4.31. The fourth-order valence-corrected chi connectivity index (χ4v) is 5.56. The normalized spacial score (nSPS) is 24.7. The quantitative estimate of drug-likeness (QED) is 0.179. The van der Waals surface area contributed by atoms with Gasteiger partial charge in [-0.3, -0.25) is 13.9 Å². The van der Waals surface area contributed by atoms with Gasteiger partial charge in [0, 0.05) is 14.1 Å². The van der Waals surface area contributed by atoms with Crippen LogP contribution in [0.1, 0.15) is 13.2 Å². The lowest BCUT2D eigenvalue weighted by Crippen LogP contribution is -2.42. The first kappa shape index (κ1) is 29.2. The number of fused-ring (bicyclic) bond motifs is 1. The highest BCUT2D eigenvalue weighted by Crippen LogP contribution is 2.48. The largest absolute Gasteiger partial charge is 0.468 e. The van der Waals surface area contributed by atoms with Crippen LogP contribution < -0.4 is 20.2 Å². The molecule has 40 heavy (non-hydrogen) atoms. The number of ether oxygens (including phenoxy) is 2. The second-order valence-corrected chi connectivity index (χ2v) is 10.8. The van der Waals surface area contributed by atoms with Crippen molar-refractivity contribution in [1.82, 2.24) is 24.6 Å². The fourth-order valence-electron chi connectivity index (χ4n) is 4.06. The SMILES string of the molecule is C#C[C@@]1(F)[C@H](O)[C@@H](COP(=O)(N[C@@H](C)C(=O)OC)Oc2ccccc2)O[C@H]1n1cnc2c(N(C)C)nc(N)nc21. The van der Waals surface area contributed by atoms with E-state index in [2.05, 4.69) is 24.8 Å². The third-order valence-corrected chi connectivity index (χ3v) is 7.69. The lowest BCUT2D eigenvalue weighted by molar-refractivity contribution is -0.142. The summed E-state index contributed by atoms with van der Waals surface area (Å²) < 4.78 is 52.5. The Bertz CT molecular complexity index is 1470. The molecule has 6 atom stereocenters. The fraction of sp³-hybridized carbons (Fsp3) is 0.417. The Morgan fingerprint density at radius 3 is 2.73 bits per heavy atom. The maximum Gasteiger partial charge on any atom is 0.459 e. The number of nitrogens with one attached hydrogen (secondary N) is 1. The second-order valence-electron chi connectivity index (χ2n) is 9.08. The molecule has 4 N–H and O–H groups in total. The highest BCUT2D eigenvalue weighted by atomic mass is 31.2. The zero-order valence-electron chi connectivity index (χ0n) is 22.1. The van der Waals surface area contributed by atoms with Crippen molar-refractivity contribution in [2.75, 3.05) is 38.4 Å². The van der Waals surface area contributed by atoms with E-state index in [4.69, 9.17) is 25.9 Å². The Kier molecular flexibility index (Phi) is 8.29. The van der Waals surface area contributed by atoms with Crippen molar-refractivity contribution >= 4 is 36.6 Å². The number of para-hydroxylation sites is 1. The first-order chi connectivity index (χ1) is 18.9. The monoisotopic (exact) mass is 577 g/mol. The summed E-state index contributed by atoms with van der Waals surface area (Å²) in [5.74, 6) is 1.64. The van der Waals surface area contributed by atoms with Crippen molar-refractivity contribution in [1.29, 1.82) is 0 Å². The van der Waals surface area contributed by atoms with Crippen LogP contribution in [0, 0.1) is 12.3 Å². The number of nitrogen functional groups attached to an aromatic ring is 1. The van der Waals surface area contributed by atoms with E-state index in [0.29, 0.717) is 5.82 Å². The van der Waals surface area contributed by atoms with E-state index in [9.17, 15) is 14.5 Å². The van der Waals surface area contributed by atoms with Crippen LogP contribution in [0.4, 0.5) is 16.2 Å². The molecule has 2 aromatic heterocycles. The maximum absolute atomic E-state index is 16.2. The molecule has 0 amide bonds. The van der Waals surface area contributed by atoms with Crippen LogP contribution in [0.3, 0.4) is 0 Å². The van der Waals surface area contributed by atoms with E-state index in [1.807, 2.05) is 5.92 Å². The molecule has 1 aliphatic rings. The highest BCUT2D eigenvalue weighted by Gasteiger charge is 2.58. The number of carbonyl (C=O) groups is 1. The average Bonchev–Trinajstić information content (AvgIpc) is 3.45. The van der Waals surface area contributed by atoms with Crippen molar-refractivity contribution in [3.63, 3.8) is 0 Å². The number of halogens is 1. The number of aliphatic hydroxyl groups excluding tert-OH is 1. The molecule has 0 saturated carbocycles. The molecule has 1 unspecified atom stereocenters. The molecule has 1 aromatic carbocycles. The highest BCUT2D eigenvalue weighted by molar-refractivity contribution is 7.52. The number of nitrogens with zero attached hydrogens (tertiary/aromatic N) is 5. The Labute approximate surface area is 229 Å². The number of imidazole rings is 1. The number of hydrogen-bond acceptors (Lipinski definition) is 12. The van der Waals surface area contributed by atoms with Gasteiger partial charge < -0.3 is 29.7 Å². The number of carbonyl (C=O) groups excluding carboxylic acids is 1. The number of alkyl halides is 1. The van der Waals surface area contributed by atoms with E-state index < -0.39 is 50.5 Å². The minimum Gasteiger partial charge on any atom is -0.468 e. The van der Waals surface area contributed by atoms with E-state index in [0.717, 1.165) is 7.11 Å². The van der Waals surface area contributed by atoms with E-state index >= 15 is 4.39 Å². The van der Waals surface area contributed by atoms with Gasteiger partial charge in [0.25, 0.3) is 0 Å². The Morgan fingerprint density at radius 1 is 1.40 bits per heavy atom. The van der Waals surface area contributed by atoms with Crippen LogP contribution in [0.25, 0.3) is 11.2 Å². The van der Waals surface area contributed by atoms with Crippen molar-refractivity contribution in [2.24, 2.45) is 0 Å². The molecular weight excluding hydrogens is 548 g/mol. The predicted octanol–water partition coefficient (Wildman–Crippen LogP) is 1.43. The van der Waals surface area contributed by atoms with Crippen LogP contribution in [0.15, 0.2) is 36.7 Å². The molecule has 14 nitrogen and oxygen atoms in total. The van der Waals surface area contributed by atoms with Crippen LogP contribution in [-0.4, -0.2) is 82.3 Å². The third-order valence-electron chi connectivity index (χ3n) is 6.05. The molecule has 0 bridgehead atoms. The number of aliphatic hydroxyl groups is 1. The van der Waals surface area contributed by atoms with Crippen molar-refractivity contribution in [2.45, 2.75) is 37.1 Å². The summed E-state index contributed by atoms with van der Waals surface area (Å²) >= 11 is 0. The van der Waals surface area contributed by atoms with Crippen molar-refractivity contribution in [3.8, 4) is 18.1 Å². The summed E-state index contributed by atoms with van der Waals surface area (Å²) in [6.07, 6.45) is 1.77. The molecular formula is C24H29FN7O7P. The van der Waals surface area contributed by atoms with Crippen LogP contribution >= 0.6 is 7.75 Å². The summed E-state index contributed by atoms with van der Waals surface area (Å²) in [6.45, 7) is 0.737. The number of aromatic nitrogens is 4. The zero-order valence-corrected chi connectivity index (χ0v) is 23.0. The van der Waals surface area contributed by atoms with Gasteiger partial charge >= 0.3 is 13.7 Å². The lowest BCUT2D eigenvalue weighted by Gasteiger charge is -2.24. The van der Waals surface area contributed by atoms with E-state index in [1.165, 1.54) is 30.0 Å². The molecule has 16 heteroatoms. The maximum atomic E-state index is 16.2. The van der Waals surface area contributed by atoms with E-state index in [-0.39, 0.29) is 22.9 Å². The number of methoxy groups -OCH3 is 1. The topological polar surface area (TPSA) is 176 Å². The molecule has 4 rings (SSSR count). The molecule has 0 spiro atoms. The summed E-state index contributed by atoms with van der Waals surface area (Å²) in [7, 11) is 0.281. The lowest BCUT2D eigenvalue weighted by atomic mass is 9.97. The predicted molar refractivity (Wildman–Crippen MR) is 142 cm³/mol. The smallest absolute Gasteiger partial charge is 0.459 e. The molecule has 3 aromatic rings. The van der Waals surface area contributed by atoms with Crippen molar-refractivity contribution in [3.05, 3.63) is 36.7 Å². The second kappa shape index (κ2) is 11.4. The molecule has 0 radical (unpaired) electrons. The Balaban J connectivity index is 1.62. The van der Waals surface area contributed by atoms with Gasteiger partial charge in [-0.05, 0) is 19.1 Å². The van der Waals surface area contributed by atoms with E-state index in [1.54, 1.807) is 37.2 Å². The Hall–Kier alpha value is -3.80. The molecule has 1 saturated heterocycles. The number of terminal acetylenes is 1. The molecule has 3 heterocycles. The van der Waals surface area contributed by atoms with Crippen LogP contribution in [-0.2, 0) is 23.4 Å². The standard InChI is InChI=1S/C24H29FN7O7P/c1-6-24(25)18(33)16(38-22(24)32-13-27-17-19(31(3)4)28-23(26)29-20(17)32)12-37-40(35,30-14(2)21(34)36-5)39-15-10-8-7-9-11-15/h1,7-11,13-14,16,18,22,33H,12H2,2-5H3,(H,30,35)(H2,26,28,29)/t14-,16+,18+,22+,24+,40?/m0/s1. The van der Waals surface area contributed by atoms with Gasteiger partial charge in [0.2, 0.25) is 11.6 Å². The number of benzene rings is 1. The number of hydrogen-bond donors (Lipinski definition) is 3. The third kappa shape index (κ3) is 5.58. The first-order valence-corrected chi connectivity index (χ1v) is 13.5. The van der Waals surface area contributed by atoms with Gasteiger partial charge in [0.1, 0.15) is 24.0 Å². The van der Waals surface area contributed by atoms with Gasteiger partial charge in [-0.15, -0.1) is 6.42 Å². The van der Waals surface area contributed by atoms with Gasteiger partial charge in [0.05, 0.1) is 20.0 Å². The van der Waals surface area contributed by atoms with Gasteiger partial charge in [-0.2, -0.15) is 15.1 Å². The van der Waals surface area contributed by atoms with Gasteiger partial charge in [0.15, 0.2) is 23.2 Å². The van der Waals surface area contributed by atoms with Crippen molar-refractivity contribution < 1.29 is 37.4 Å². The van der Waals surface area contributed by atoms with Gasteiger partial charge in [-0.25, -0.2) is 13.9 Å². The Morgan fingerprint density at radius 2 is 2.10 bits per heavy atom. The summed E-state index contributed by atoms with van der Waals surface area (Å²) in [5.41, 5.74) is 3.47. The molecule has 1 fully saturated rings. The average molecular weight is 578 g/mol. The van der Waals surface area contributed by atoms with Crippen LogP contribution in [0.2, 0.25) is 0 Å². The van der Waals surface area contributed by atoms with Crippen LogP contribution in [0.5, 0.6) is 5.75 Å². The molecule has 0 aliphatic carbocycles. The first-order valence-electron chi connectivity index (χ1n) is 11.9. The summed E-state index contributed by atoms with van der Waals surface area (Å²) in [5, 5.41) is 13.4. The number of rotatable bonds is 10. The van der Waals surface area contributed by atoms with Gasteiger partial charge in [-0.1, -0.05) is 24.1 Å². The summed E-state index contributed by atoms with van der Waals surface area (Å²) in [6, 6.07) is 6.91. The molecule has 1 aliphatic heterocycles. The molecule has 214 valence electrons. The zero-order chi connectivity index (χ0) is 29.2.